The molecule has 2 aliphatic rings. The molecule has 11 heteroatoms. The van der Waals surface area contributed by atoms with Crippen LogP contribution in [0.25, 0.3) is 11.2 Å². The molecule has 0 radical (unpaired) electrons. The second-order valence-corrected chi connectivity index (χ2v) is 8.75. The molecule has 3 N–H and O–H groups in total. The SMILES string of the molecule is CCCCCCCC(=O)OC[C@H]1O[C@@H](n2cnc3c(=O)[nH]c(N)nc32)[C@@H]2OC(C)(C)O[C@@H]21. The maximum atomic E-state index is 12.2. The first-order valence-electron chi connectivity index (χ1n) is 11.2. The molecule has 0 aromatic carbocycles. The van der Waals surface area contributed by atoms with Crippen LogP contribution in [0.4, 0.5) is 5.95 Å². The lowest BCUT2D eigenvalue weighted by Crippen LogP contribution is -2.33. The number of fused-ring (bicyclic) bond motifs is 2. The minimum Gasteiger partial charge on any atom is -0.463 e. The number of hydrogen-bond donors (Lipinski definition) is 2. The molecule has 0 amide bonds. The molecule has 0 spiro atoms. The number of ether oxygens (including phenoxy) is 4. The summed E-state index contributed by atoms with van der Waals surface area (Å²) in [6, 6.07) is 0. The quantitative estimate of drug-likeness (QED) is 0.434. The molecule has 4 heterocycles. The number of aromatic nitrogens is 4. The van der Waals surface area contributed by atoms with Crippen molar-refractivity contribution in [3.63, 3.8) is 0 Å². The Kier molecular flexibility index (Phi) is 6.50. The number of aromatic amines is 1. The topological polar surface area (TPSA) is 144 Å². The summed E-state index contributed by atoms with van der Waals surface area (Å²) >= 11 is 0. The van der Waals surface area contributed by atoms with Gasteiger partial charge >= 0.3 is 5.97 Å². The number of rotatable bonds is 9. The fourth-order valence-corrected chi connectivity index (χ4v) is 4.27. The van der Waals surface area contributed by atoms with Crippen molar-refractivity contribution in [1.29, 1.82) is 0 Å². The molecular weight excluding hydrogens is 418 g/mol. The van der Waals surface area contributed by atoms with Crippen LogP contribution in [0.3, 0.4) is 0 Å². The van der Waals surface area contributed by atoms with Crippen molar-refractivity contribution in [3.05, 3.63) is 16.7 Å². The molecule has 4 atom stereocenters. The van der Waals surface area contributed by atoms with E-state index in [0.717, 1.165) is 25.7 Å². The van der Waals surface area contributed by atoms with E-state index in [2.05, 4.69) is 21.9 Å². The van der Waals surface area contributed by atoms with Crippen LogP contribution in [-0.2, 0) is 23.7 Å². The zero-order valence-corrected chi connectivity index (χ0v) is 18.7. The van der Waals surface area contributed by atoms with Crippen LogP contribution in [-0.4, -0.2) is 56.2 Å². The largest absolute Gasteiger partial charge is 0.463 e. The number of nitrogens with zero attached hydrogens (tertiary/aromatic N) is 3. The monoisotopic (exact) mass is 449 g/mol. The van der Waals surface area contributed by atoms with Crippen LogP contribution < -0.4 is 11.3 Å². The third kappa shape index (κ3) is 4.64. The van der Waals surface area contributed by atoms with Gasteiger partial charge in [0.2, 0.25) is 5.95 Å². The van der Waals surface area contributed by atoms with Crippen LogP contribution >= 0.6 is 0 Å². The van der Waals surface area contributed by atoms with E-state index < -0.39 is 35.9 Å². The minimum absolute atomic E-state index is 0.0212. The van der Waals surface area contributed by atoms with Crippen molar-refractivity contribution in [2.24, 2.45) is 0 Å². The van der Waals surface area contributed by atoms with Crippen LogP contribution in [0.2, 0.25) is 0 Å². The van der Waals surface area contributed by atoms with E-state index in [1.807, 2.05) is 13.8 Å². The van der Waals surface area contributed by atoms with Gasteiger partial charge in [0, 0.05) is 6.42 Å². The number of esters is 1. The average Bonchev–Trinajstić information content (AvgIpc) is 3.37. The van der Waals surface area contributed by atoms with Crippen molar-refractivity contribution in [1.82, 2.24) is 19.5 Å². The van der Waals surface area contributed by atoms with E-state index in [4.69, 9.17) is 24.7 Å². The van der Waals surface area contributed by atoms with Crippen LogP contribution in [0.5, 0.6) is 0 Å². The van der Waals surface area contributed by atoms with Crippen LogP contribution in [0.15, 0.2) is 11.1 Å². The van der Waals surface area contributed by atoms with Gasteiger partial charge < -0.3 is 24.7 Å². The number of carbonyl (C=O) groups is 1. The lowest BCUT2D eigenvalue weighted by atomic mass is 10.1. The predicted molar refractivity (Wildman–Crippen MR) is 115 cm³/mol. The second-order valence-electron chi connectivity index (χ2n) is 8.75. The first-order valence-corrected chi connectivity index (χ1v) is 11.2. The summed E-state index contributed by atoms with van der Waals surface area (Å²) in [7, 11) is 0. The first kappa shape index (κ1) is 22.7. The third-order valence-corrected chi connectivity index (χ3v) is 5.74. The van der Waals surface area contributed by atoms with E-state index in [1.54, 1.807) is 4.57 Å². The van der Waals surface area contributed by atoms with Gasteiger partial charge in [-0.25, -0.2) is 4.98 Å². The lowest BCUT2D eigenvalue weighted by molar-refractivity contribution is -0.202. The Morgan fingerprint density at radius 2 is 2.00 bits per heavy atom. The Labute approximate surface area is 185 Å². The van der Waals surface area contributed by atoms with Gasteiger partial charge in [0.25, 0.3) is 5.56 Å². The maximum absolute atomic E-state index is 12.2. The Morgan fingerprint density at radius 1 is 1.25 bits per heavy atom. The van der Waals surface area contributed by atoms with Crippen molar-refractivity contribution in [2.75, 3.05) is 12.3 Å². The lowest BCUT2D eigenvalue weighted by Gasteiger charge is -2.24. The van der Waals surface area contributed by atoms with Gasteiger partial charge in [0.05, 0.1) is 6.33 Å². The Morgan fingerprint density at radius 3 is 2.78 bits per heavy atom. The van der Waals surface area contributed by atoms with Crippen LogP contribution in [0, 0.1) is 0 Å². The molecule has 11 nitrogen and oxygen atoms in total. The molecular formula is C21H31N5O6. The van der Waals surface area contributed by atoms with Crippen molar-refractivity contribution < 1.29 is 23.7 Å². The van der Waals surface area contributed by atoms with Gasteiger partial charge in [-0.2, -0.15) is 4.98 Å². The summed E-state index contributed by atoms with van der Waals surface area (Å²) in [5.74, 6) is -1.11. The Bertz CT molecular complexity index is 1020. The first-order chi connectivity index (χ1) is 15.3. The van der Waals surface area contributed by atoms with Gasteiger partial charge in [0.15, 0.2) is 23.2 Å². The van der Waals surface area contributed by atoms with E-state index >= 15 is 0 Å². The summed E-state index contributed by atoms with van der Waals surface area (Å²) in [4.78, 5) is 35.1. The molecule has 0 aliphatic carbocycles. The number of nitrogens with two attached hydrogens (primary N) is 1. The molecule has 2 aliphatic heterocycles. The van der Waals surface area contributed by atoms with Gasteiger partial charge in [-0.15, -0.1) is 0 Å². The molecule has 2 fully saturated rings. The highest BCUT2D eigenvalue weighted by molar-refractivity contribution is 5.70. The number of H-pyrrole nitrogens is 1. The summed E-state index contributed by atoms with van der Waals surface area (Å²) < 4.78 is 25.4. The van der Waals surface area contributed by atoms with E-state index in [0.29, 0.717) is 6.42 Å². The maximum Gasteiger partial charge on any atom is 0.305 e. The van der Waals surface area contributed by atoms with E-state index in [1.165, 1.54) is 12.7 Å². The predicted octanol–water partition coefficient (Wildman–Crippen LogP) is 2.02. The van der Waals surface area contributed by atoms with E-state index in [9.17, 15) is 9.59 Å². The molecule has 0 saturated carbocycles. The number of imidazole rings is 1. The molecule has 0 unspecified atom stereocenters. The molecule has 32 heavy (non-hydrogen) atoms. The van der Waals surface area contributed by atoms with Gasteiger partial charge in [-0.05, 0) is 20.3 Å². The number of anilines is 1. The molecule has 2 saturated heterocycles. The summed E-state index contributed by atoms with van der Waals surface area (Å²) in [6.07, 6.45) is 4.99. The number of nitrogens with one attached hydrogen (secondary N) is 1. The zero-order chi connectivity index (χ0) is 22.9. The molecule has 176 valence electrons. The average molecular weight is 450 g/mol. The Hall–Kier alpha value is -2.50. The number of unbranched alkanes of at least 4 members (excludes halogenated alkanes) is 4. The highest BCUT2D eigenvalue weighted by Gasteiger charge is 2.56. The van der Waals surface area contributed by atoms with Gasteiger partial charge in [-0.1, -0.05) is 32.6 Å². The number of carbonyl (C=O) groups excluding carboxylic acids is 1. The fraction of sp³-hybridized carbons (Fsp3) is 0.714. The van der Waals surface area contributed by atoms with Gasteiger partial charge in [0.1, 0.15) is 24.9 Å². The second kappa shape index (κ2) is 9.16. The zero-order valence-electron chi connectivity index (χ0n) is 18.7. The normalized spacial score (nSPS) is 26.5. The van der Waals surface area contributed by atoms with Crippen molar-refractivity contribution in [2.45, 2.75) is 89.6 Å². The molecule has 2 aromatic rings. The highest BCUT2D eigenvalue weighted by atomic mass is 16.8. The summed E-state index contributed by atoms with van der Waals surface area (Å²) in [5.41, 5.74) is 5.71. The standard InChI is InChI=1S/C21H31N5O6/c1-4-5-6-7-8-9-13(27)29-10-12-15-16(32-21(2,3)31-15)19(30-12)26-11-23-14-17(26)24-20(22)25-18(14)28/h11-12,15-16,19H,4-10H2,1-3H3,(H3,22,24,25,28)/t12-,15-,16-,19-/m1/s1. The van der Waals surface area contributed by atoms with Gasteiger partial charge in [-0.3, -0.25) is 19.1 Å². The highest BCUT2D eigenvalue weighted by Crippen LogP contribution is 2.43. The minimum atomic E-state index is -0.834. The summed E-state index contributed by atoms with van der Waals surface area (Å²) in [5, 5.41) is 0. The number of nitrogen functional groups attached to an aromatic ring is 1. The smallest absolute Gasteiger partial charge is 0.305 e. The fourth-order valence-electron chi connectivity index (χ4n) is 4.27. The van der Waals surface area contributed by atoms with Crippen molar-refractivity contribution in [3.8, 4) is 0 Å². The third-order valence-electron chi connectivity index (χ3n) is 5.74. The van der Waals surface area contributed by atoms with Crippen molar-refractivity contribution >= 4 is 23.1 Å². The molecule has 0 bridgehead atoms. The molecule has 4 rings (SSSR count). The van der Waals surface area contributed by atoms with E-state index in [-0.39, 0.29) is 29.7 Å². The van der Waals surface area contributed by atoms with Crippen LogP contribution in [0.1, 0.15) is 65.5 Å². The number of hydrogen-bond acceptors (Lipinski definition) is 9. The Balaban J connectivity index is 1.46. The molecule has 2 aromatic heterocycles. The summed E-state index contributed by atoms with van der Waals surface area (Å²) in [6.45, 7) is 5.83.